The van der Waals surface area contributed by atoms with E-state index in [-0.39, 0.29) is 18.8 Å². The molecule has 6 nitrogen and oxygen atoms in total. The Labute approximate surface area is 135 Å². The van der Waals surface area contributed by atoms with E-state index in [2.05, 4.69) is 0 Å². The lowest BCUT2D eigenvalue weighted by Crippen LogP contribution is -2.13. The summed E-state index contributed by atoms with van der Waals surface area (Å²) in [6.07, 6.45) is -0.00596. The zero-order valence-corrected chi connectivity index (χ0v) is 13.3. The van der Waals surface area contributed by atoms with Crippen LogP contribution in [0.15, 0.2) is 18.2 Å². The summed E-state index contributed by atoms with van der Waals surface area (Å²) in [6, 6.07) is 4.73. The molecule has 1 aromatic rings. The molecule has 0 amide bonds. The first kappa shape index (κ1) is 19.3. The lowest BCUT2D eigenvalue weighted by Gasteiger charge is -2.08. The van der Waals surface area contributed by atoms with Crippen LogP contribution >= 0.6 is 0 Å². The largest absolute Gasteiger partial charge is 0.491 e. The topological polar surface area (TPSA) is 74.2 Å². The van der Waals surface area contributed by atoms with E-state index in [1.807, 2.05) is 0 Å². The highest BCUT2D eigenvalue weighted by molar-refractivity contribution is 5.66. The fourth-order valence-electron chi connectivity index (χ4n) is 1.58. The lowest BCUT2D eigenvalue weighted by molar-refractivity contribution is -0.138. The van der Waals surface area contributed by atoms with Gasteiger partial charge in [-0.2, -0.15) is 0 Å². The summed E-state index contributed by atoms with van der Waals surface area (Å²) >= 11 is 0. The molecular weight excluding hydrogens is 307 g/mol. The minimum absolute atomic E-state index is 0.00596. The number of rotatable bonds is 13. The molecule has 0 aliphatic heterocycles. The lowest BCUT2D eigenvalue weighted by atomic mass is 10.2. The molecule has 0 aromatic heterocycles. The summed E-state index contributed by atoms with van der Waals surface area (Å²) in [6.45, 7) is 4.18. The molecule has 1 aromatic carbocycles. The van der Waals surface area contributed by atoms with E-state index in [1.165, 1.54) is 6.07 Å². The summed E-state index contributed by atoms with van der Waals surface area (Å²) in [5.41, 5.74) is 0.581. The first-order valence-corrected chi connectivity index (χ1v) is 7.43. The number of aryl methyl sites for hydroxylation is 1. The molecule has 0 aliphatic rings. The fraction of sp³-hybridized carbons (Fsp3) is 0.562. The Hall–Kier alpha value is -1.70. The van der Waals surface area contributed by atoms with Crippen molar-refractivity contribution in [3.63, 3.8) is 0 Å². The Morgan fingerprint density at radius 1 is 1.00 bits per heavy atom. The normalized spacial score (nSPS) is 10.7. The first-order valence-electron chi connectivity index (χ1n) is 7.43. The Morgan fingerprint density at radius 3 is 2.13 bits per heavy atom. The molecule has 1 N–H and O–H groups in total. The number of carboxylic acids is 1. The zero-order valence-electron chi connectivity index (χ0n) is 13.3. The number of ether oxygens (including phenoxy) is 4. The van der Waals surface area contributed by atoms with Crippen LogP contribution in [0.5, 0.6) is 5.75 Å². The second-order valence-corrected chi connectivity index (χ2v) is 4.74. The fourth-order valence-corrected chi connectivity index (χ4v) is 1.58. The first-order chi connectivity index (χ1) is 11.1. The molecule has 0 saturated heterocycles. The minimum atomic E-state index is -0.880. The van der Waals surface area contributed by atoms with E-state index in [1.54, 1.807) is 19.1 Å². The summed E-state index contributed by atoms with van der Waals surface area (Å²) in [7, 11) is 0. The molecule has 0 bridgehead atoms. The van der Waals surface area contributed by atoms with Crippen molar-refractivity contribution in [3.8, 4) is 5.75 Å². The van der Waals surface area contributed by atoms with Crippen LogP contribution in [0.1, 0.15) is 12.0 Å². The van der Waals surface area contributed by atoms with Gasteiger partial charge in [-0.25, -0.2) is 4.39 Å². The number of carbonyl (C=O) groups is 1. The van der Waals surface area contributed by atoms with Gasteiger partial charge in [-0.1, -0.05) is 6.07 Å². The average molecular weight is 330 g/mol. The maximum atomic E-state index is 13.3. The van der Waals surface area contributed by atoms with E-state index in [0.29, 0.717) is 51.0 Å². The number of halogens is 1. The molecule has 0 heterocycles. The van der Waals surface area contributed by atoms with Crippen molar-refractivity contribution in [1.29, 1.82) is 0 Å². The van der Waals surface area contributed by atoms with Gasteiger partial charge in [0.2, 0.25) is 0 Å². The highest BCUT2D eigenvalue weighted by Crippen LogP contribution is 2.15. The molecule has 23 heavy (non-hydrogen) atoms. The van der Waals surface area contributed by atoms with E-state index in [9.17, 15) is 9.18 Å². The van der Waals surface area contributed by atoms with Crippen molar-refractivity contribution in [1.82, 2.24) is 0 Å². The van der Waals surface area contributed by atoms with Crippen LogP contribution < -0.4 is 4.74 Å². The predicted molar refractivity (Wildman–Crippen MR) is 81.3 cm³/mol. The Bertz CT molecular complexity index is 466. The van der Waals surface area contributed by atoms with Crippen LogP contribution in [0.3, 0.4) is 0 Å². The maximum Gasteiger partial charge on any atom is 0.305 e. The van der Waals surface area contributed by atoms with Crippen LogP contribution in [0.25, 0.3) is 0 Å². The standard InChI is InChI=1S/C16H23FO6/c1-13-2-3-14(12-15(13)17)23-11-10-22-9-8-21-7-6-20-5-4-16(18)19/h2-3,12H,4-11H2,1H3,(H,18,19). The summed E-state index contributed by atoms with van der Waals surface area (Å²) < 4.78 is 34.2. The molecule has 7 heteroatoms. The van der Waals surface area contributed by atoms with Gasteiger partial charge in [0.05, 0.1) is 46.1 Å². The van der Waals surface area contributed by atoms with Crippen LogP contribution in [0, 0.1) is 12.7 Å². The molecule has 0 radical (unpaired) electrons. The SMILES string of the molecule is Cc1ccc(OCCOCCOCCOCCC(=O)O)cc1F. The second kappa shape index (κ2) is 11.8. The molecule has 0 saturated carbocycles. The summed E-state index contributed by atoms with van der Waals surface area (Å²) in [5, 5.41) is 8.40. The average Bonchev–Trinajstić information content (AvgIpc) is 2.51. The van der Waals surface area contributed by atoms with Gasteiger partial charge in [0, 0.05) is 6.07 Å². The Morgan fingerprint density at radius 2 is 1.57 bits per heavy atom. The van der Waals surface area contributed by atoms with Gasteiger partial charge in [0.15, 0.2) is 0 Å². The van der Waals surface area contributed by atoms with E-state index in [0.717, 1.165) is 0 Å². The number of hydrogen-bond donors (Lipinski definition) is 1. The van der Waals surface area contributed by atoms with Crippen molar-refractivity contribution in [2.24, 2.45) is 0 Å². The number of hydrogen-bond acceptors (Lipinski definition) is 5. The Kier molecular flexibility index (Phi) is 9.94. The minimum Gasteiger partial charge on any atom is -0.491 e. The van der Waals surface area contributed by atoms with Crippen molar-refractivity contribution in [3.05, 3.63) is 29.6 Å². The van der Waals surface area contributed by atoms with Gasteiger partial charge in [-0.3, -0.25) is 4.79 Å². The maximum absolute atomic E-state index is 13.3. The summed E-state index contributed by atoms with van der Waals surface area (Å²) in [4.78, 5) is 10.2. The monoisotopic (exact) mass is 330 g/mol. The molecule has 1 rings (SSSR count). The number of carboxylic acid groups (broad SMARTS) is 1. The van der Waals surface area contributed by atoms with Crippen LogP contribution in [-0.2, 0) is 19.0 Å². The van der Waals surface area contributed by atoms with Gasteiger partial charge < -0.3 is 24.1 Å². The molecule has 0 spiro atoms. The van der Waals surface area contributed by atoms with Gasteiger partial charge >= 0.3 is 5.97 Å². The van der Waals surface area contributed by atoms with Gasteiger partial charge in [0.1, 0.15) is 18.2 Å². The van der Waals surface area contributed by atoms with Gasteiger partial charge in [-0.15, -0.1) is 0 Å². The predicted octanol–water partition coefficient (Wildman–Crippen LogP) is 2.04. The van der Waals surface area contributed by atoms with Crippen molar-refractivity contribution >= 4 is 5.97 Å². The molecule has 0 atom stereocenters. The quantitative estimate of drug-likeness (QED) is 0.558. The highest BCUT2D eigenvalue weighted by Gasteiger charge is 2.00. The number of aliphatic carboxylic acids is 1. The highest BCUT2D eigenvalue weighted by atomic mass is 19.1. The van der Waals surface area contributed by atoms with Crippen molar-refractivity contribution < 1.29 is 33.2 Å². The molecule has 0 fully saturated rings. The van der Waals surface area contributed by atoms with Crippen molar-refractivity contribution in [2.75, 3.05) is 46.2 Å². The molecular formula is C16H23FO6. The van der Waals surface area contributed by atoms with E-state index in [4.69, 9.17) is 24.1 Å². The third kappa shape index (κ3) is 9.83. The van der Waals surface area contributed by atoms with Crippen LogP contribution in [-0.4, -0.2) is 57.3 Å². The van der Waals surface area contributed by atoms with E-state index < -0.39 is 5.97 Å². The van der Waals surface area contributed by atoms with Crippen molar-refractivity contribution in [2.45, 2.75) is 13.3 Å². The number of benzene rings is 1. The van der Waals surface area contributed by atoms with Gasteiger partial charge in [0.25, 0.3) is 0 Å². The molecule has 130 valence electrons. The smallest absolute Gasteiger partial charge is 0.305 e. The second-order valence-electron chi connectivity index (χ2n) is 4.74. The Balaban J connectivity index is 1.88. The molecule has 0 aliphatic carbocycles. The van der Waals surface area contributed by atoms with Crippen LogP contribution in [0.2, 0.25) is 0 Å². The molecule has 0 unspecified atom stereocenters. The van der Waals surface area contributed by atoms with E-state index >= 15 is 0 Å². The van der Waals surface area contributed by atoms with Gasteiger partial charge in [-0.05, 0) is 18.6 Å². The third-order valence-electron chi connectivity index (χ3n) is 2.84. The third-order valence-corrected chi connectivity index (χ3v) is 2.84. The summed E-state index contributed by atoms with van der Waals surface area (Å²) in [5.74, 6) is -0.691. The zero-order chi connectivity index (χ0) is 16.9. The van der Waals surface area contributed by atoms with Crippen LogP contribution in [0.4, 0.5) is 4.39 Å².